The van der Waals surface area contributed by atoms with E-state index in [-0.39, 0.29) is 23.9 Å². The predicted octanol–water partition coefficient (Wildman–Crippen LogP) is 5.70. The Morgan fingerprint density at radius 3 is 2.42 bits per heavy atom. The van der Waals surface area contributed by atoms with Gasteiger partial charge in [-0.3, -0.25) is 0 Å². The van der Waals surface area contributed by atoms with Gasteiger partial charge in [0, 0.05) is 17.1 Å². The monoisotopic (exact) mass is 418 g/mol. The van der Waals surface area contributed by atoms with Crippen molar-refractivity contribution in [3.63, 3.8) is 0 Å². The molecule has 0 bridgehead atoms. The summed E-state index contributed by atoms with van der Waals surface area (Å²) in [5.74, 6) is -0.178. The van der Waals surface area contributed by atoms with Gasteiger partial charge in [0.05, 0.1) is 6.04 Å². The third-order valence-electron chi connectivity index (χ3n) is 4.31. The second kappa shape index (κ2) is 10.1. The lowest BCUT2D eigenvalue weighted by molar-refractivity contribution is 0.154. The maximum atomic E-state index is 12.1. The minimum Gasteiger partial charge on any atom is -0.335 e. The maximum Gasteiger partial charge on any atom is 0.318 e. The van der Waals surface area contributed by atoms with E-state index in [9.17, 15) is 9.18 Å². The van der Waals surface area contributed by atoms with Gasteiger partial charge in [0.15, 0.2) is 0 Å². The molecule has 3 rings (SSSR count). The van der Waals surface area contributed by atoms with Crippen molar-refractivity contribution in [3.8, 4) is 0 Å². The summed E-state index contributed by atoms with van der Waals surface area (Å²) in [7, 11) is 0. The van der Waals surface area contributed by atoms with Gasteiger partial charge in [-0.1, -0.05) is 52.3 Å². The molecule has 1 saturated heterocycles. The summed E-state index contributed by atoms with van der Waals surface area (Å²) in [5.41, 5.74) is 1.15. The van der Waals surface area contributed by atoms with Crippen LogP contribution in [0.25, 0.3) is 0 Å². The van der Waals surface area contributed by atoms with E-state index in [0.29, 0.717) is 0 Å². The van der Waals surface area contributed by atoms with Crippen LogP contribution in [0.4, 0.5) is 9.18 Å². The second-order valence-electron chi connectivity index (χ2n) is 6.18. The molecule has 1 fully saturated rings. The van der Waals surface area contributed by atoms with Crippen molar-refractivity contribution in [2.75, 3.05) is 6.54 Å². The number of carbonyl (C=O) groups is 1. The lowest BCUT2D eigenvalue weighted by Crippen LogP contribution is -2.52. The van der Waals surface area contributed by atoms with Gasteiger partial charge < -0.3 is 10.2 Å². The van der Waals surface area contributed by atoms with Crippen LogP contribution in [0.2, 0.25) is 0 Å². The molecule has 1 aliphatic rings. The van der Waals surface area contributed by atoms with Crippen LogP contribution in [0.3, 0.4) is 0 Å². The Balaban J connectivity index is 0.000000290. The Kier molecular flexibility index (Phi) is 7.85. The molecule has 3 nitrogen and oxygen atoms in total. The summed E-state index contributed by atoms with van der Waals surface area (Å²) in [5, 5.41) is 3.04. The van der Waals surface area contributed by atoms with Crippen molar-refractivity contribution in [1.29, 1.82) is 0 Å². The van der Waals surface area contributed by atoms with E-state index < -0.39 is 0 Å². The van der Waals surface area contributed by atoms with Crippen LogP contribution in [0.1, 0.15) is 31.4 Å². The smallest absolute Gasteiger partial charge is 0.318 e. The third kappa shape index (κ3) is 5.99. The average molecular weight is 419 g/mol. The third-order valence-corrected chi connectivity index (χ3v) is 4.84. The van der Waals surface area contributed by atoms with Gasteiger partial charge in [-0.2, -0.15) is 0 Å². The Bertz CT molecular complexity index is 706. The fourth-order valence-corrected chi connectivity index (χ4v) is 3.07. The van der Waals surface area contributed by atoms with Crippen LogP contribution >= 0.6 is 15.9 Å². The van der Waals surface area contributed by atoms with Crippen molar-refractivity contribution >= 4 is 22.0 Å². The van der Waals surface area contributed by atoms with E-state index in [0.717, 1.165) is 29.4 Å². The van der Waals surface area contributed by atoms with Crippen LogP contribution in [-0.4, -0.2) is 23.5 Å². The molecule has 2 aromatic rings. The number of amides is 2. The number of hydrogen-bond acceptors (Lipinski definition) is 1. The molecule has 0 saturated carbocycles. The molecule has 2 unspecified atom stereocenters. The number of urea groups is 1. The molecule has 5 heteroatoms. The molecular weight excluding hydrogens is 395 g/mol. The number of nitrogens with one attached hydrogen (secondary N) is 1. The summed E-state index contributed by atoms with van der Waals surface area (Å²) >= 11 is 3.43. The lowest BCUT2D eigenvalue weighted by Gasteiger charge is -2.36. The summed E-state index contributed by atoms with van der Waals surface area (Å²) in [6.07, 6.45) is 3.67. The molecule has 2 atom stereocenters. The van der Waals surface area contributed by atoms with E-state index in [1.807, 2.05) is 23.1 Å². The number of halogens is 2. The Hall–Kier alpha value is -2.14. The van der Waals surface area contributed by atoms with Crippen LogP contribution in [0, 0.1) is 5.82 Å². The topological polar surface area (TPSA) is 32.3 Å². The zero-order valence-corrected chi connectivity index (χ0v) is 16.5. The van der Waals surface area contributed by atoms with E-state index in [4.69, 9.17) is 0 Å². The maximum absolute atomic E-state index is 12.1. The normalized spacial score (nSPS) is 17.6. The van der Waals surface area contributed by atoms with Gasteiger partial charge in [-0.05, 0) is 49.6 Å². The molecule has 0 aromatic heterocycles. The molecular formula is C21H24BrFN2O. The van der Waals surface area contributed by atoms with E-state index in [1.54, 1.807) is 18.2 Å². The second-order valence-corrected chi connectivity index (χ2v) is 7.09. The van der Waals surface area contributed by atoms with E-state index in [2.05, 4.69) is 46.9 Å². The lowest BCUT2D eigenvalue weighted by atomic mass is 10.0. The van der Waals surface area contributed by atoms with Gasteiger partial charge in [-0.15, -0.1) is 6.58 Å². The highest BCUT2D eigenvalue weighted by Gasteiger charge is 2.28. The highest BCUT2D eigenvalue weighted by Crippen LogP contribution is 2.24. The molecule has 0 aliphatic carbocycles. The molecule has 0 spiro atoms. The Labute approximate surface area is 163 Å². The predicted molar refractivity (Wildman–Crippen MR) is 107 cm³/mol. The number of carbonyl (C=O) groups excluding carboxylic acids is 1. The van der Waals surface area contributed by atoms with Gasteiger partial charge >= 0.3 is 6.03 Å². The highest BCUT2D eigenvalue weighted by molar-refractivity contribution is 9.10. The molecule has 0 radical (unpaired) electrons. The van der Waals surface area contributed by atoms with Crippen molar-refractivity contribution in [2.24, 2.45) is 0 Å². The minimum atomic E-state index is -0.178. The summed E-state index contributed by atoms with van der Waals surface area (Å²) in [6.45, 7) is 6.58. The Morgan fingerprint density at radius 1 is 1.27 bits per heavy atom. The number of rotatable bonds is 4. The molecule has 2 amide bonds. The van der Waals surface area contributed by atoms with Crippen molar-refractivity contribution in [2.45, 2.75) is 31.8 Å². The summed E-state index contributed by atoms with van der Waals surface area (Å²) in [6, 6.07) is 16.4. The van der Waals surface area contributed by atoms with E-state index >= 15 is 0 Å². The molecule has 2 aromatic carbocycles. The quantitative estimate of drug-likeness (QED) is 0.634. The SMILES string of the molecule is C=CCC1CCN(C(C)c2ccc(Br)cc2)C(=O)N1.Fc1ccccc1. The Morgan fingerprint density at radius 2 is 1.92 bits per heavy atom. The molecule has 138 valence electrons. The van der Waals surface area contributed by atoms with Gasteiger partial charge in [0.2, 0.25) is 0 Å². The zero-order chi connectivity index (χ0) is 18.9. The first-order valence-electron chi connectivity index (χ1n) is 8.65. The fourth-order valence-electron chi connectivity index (χ4n) is 2.81. The van der Waals surface area contributed by atoms with Crippen LogP contribution in [-0.2, 0) is 0 Å². The van der Waals surface area contributed by atoms with Gasteiger partial charge in [0.1, 0.15) is 5.82 Å². The first-order chi connectivity index (χ1) is 12.5. The van der Waals surface area contributed by atoms with Gasteiger partial charge in [0.25, 0.3) is 0 Å². The number of nitrogens with zero attached hydrogens (tertiary/aromatic N) is 1. The van der Waals surface area contributed by atoms with Crippen LogP contribution in [0.15, 0.2) is 71.7 Å². The fraction of sp³-hybridized carbons (Fsp3) is 0.286. The number of hydrogen-bond donors (Lipinski definition) is 1. The van der Waals surface area contributed by atoms with E-state index in [1.165, 1.54) is 12.1 Å². The molecule has 1 N–H and O–H groups in total. The molecule has 1 heterocycles. The molecule has 1 aliphatic heterocycles. The summed E-state index contributed by atoms with van der Waals surface area (Å²) < 4.78 is 13.0. The molecule has 26 heavy (non-hydrogen) atoms. The average Bonchev–Trinajstić information content (AvgIpc) is 2.63. The highest BCUT2D eigenvalue weighted by atomic mass is 79.9. The van der Waals surface area contributed by atoms with Crippen LogP contribution < -0.4 is 5.32 Å². The zero-order valence-electron chi connectivity index (χ0n) is 14.9. The first-order valence-corrected chi connectivity index (χ1v) is 9.44. The first kappa shape index (κ1) is 20.2. The number of benzene rings is 2. The van der Waals surface area contributed by atoms with Crippen molar-refractivity contribution in [3.05, 3.63) is 83.1 Å². The summed E-state index contributed by atoms with van der Waals surface area (Å²) in [4.78, 5) is 14.0. The largest absolute Gasteiger partial charge is 0.335 e. The minimum absolute atomic E-state index is 0.0218. The van der Waals surface area contributed by atoms with Crippen LogP contribution in [0.5, 0.6) is 0 Å². The standard InChI is InChI=1S/C15H19BrN2O.C6H5F/c1-3-4-14-9-10-18(15(19)17-14)11(2)12-5-7-13(16)8-6-12;7-6-4-2-1-3-5-6/h3,5-8,11,14H,1,4,9-10H2,2H3,(H,17,19);1-5H. The van der Waals surface area contributed by atoms with Crippen molar-refractivity contribution < 1.29 is 9.18 Å². The van der Waals surface area contributed by atoms with Gasteiger partial charge in [-0.25, -0.2) is 9.18 Å². The van der Waals surface area contributed by atoms with Crippen molar-refractivity contribution in [1.82, 2.24) is 10.2 Å².